The number of pyridine rings is 1. The van der Waals surface area contributed by atoms with Gasteiger partial charge < -0.3 is 10.1 Å². The van der Waals surface area contributed by atoms with Crippen molar-refractivity contribution in [1.82, 2.24) is 15.6 Å². The summed E-state index contributed by atoms with van der Waals surface area (Å²) in [6, 6.07) is 6.78. The van der Waals surface area contributed by atoms with Crippen molar-refractivity contribution in [2.45, 2.75) is 39.2 Å². The minimum Gasteiger partial charge on any atom is -0.449 e. The van der Waals surface area contributed by atoms with E-state index < -0.39 is 24.0 Å². The topological polar surface area (TPSA) is 97.4 Å². The third-order valence-corrected chi connectivity index (χ3v) is 4.83. The second kappa shape index (κ2) is 7.73. The van der Waals surface area contributed by atoms with Gasteiger partial charge in [0.05, 0.1) is 11.1 Å². The Morgan fingerprint density at radius 1 is 1.26 bits per heavy atom. The Balaban J connectivity index is 1.95. The van der Waals surface area contributed by atoms with Gasteiger partial charge in [-0.2, -0.15) is 0 Å². The third-order valence-electron chi connectivity index (χ3n) is 4.83. The largest absolute Gasteiger partial charge is 0.449 e. The van der Waals surface area contributed by atoms with Crippen LogP contribution in [0.25, 0.3) is 10.9 Å². The second-order valence-corrected chi connectivity index (χ2v) is 6.89. The van der Waals surface area contributed by atoms with Crippen LogP contribution in [-0.4, -0.2) is 36.0 Å². The molecule has 1 aromatic heterocycles. The summed E-state index contributed by atoms with van der Waals surface area (Å²) >= 11 is 0. The van der Waals surface area contributed by atoms with Crippen LogP contribution < -0.4 is 10.6 Å². The van der Waals surface area contributed by atoms with Gasteiger partial charge in [-0.05, 0) is 43.7 Å². The van der Waals surface area contributed by atoms with E-state index in [1.165, 1.54) is 14.0 Å². The zero-order chi connectivity index (χ0) is 19.6. The summed E-state index contributed by atoms with van der Waals surface area (Å²) < 4.78 is 5.39. The Bertz CT molecular complexity index is 909. The van der Waals surface area contributed by atoms with E-state index in [9.17, 15) is 14.4 Å². The van der Waals surface area contributed by atoms with E-state index >= 15 is 0 Å². The first-order valence-electron chi connectivity index (χ1n) is 9.04. The van der Waals surface area contributed by atoms with Crippen LogP contribution in [-0.2, 0) is 22.4 Å². The Labute approximate surface area is 157 Å². The van der Waals surface area contributed by atoms with Gasteiger partial charge in [0, 0.05) is 18.1 Å². The van der Waals surface area contributed by atoms with Gasteiger partial charge in [0.2, 0.25) is 0 Å². The first kappa shape index (κ1) is 18.8. The molecule has 2 aromatic rings. The van der Waals surface area contributed by atoms with Gasteiger partial charge in [-0.25, -0.2) is 9.59 Å². The number of imide groups is 1. The number of aryl methyl sites for hydroxylation is 1. The SMILES string of the molecule is CNC(=O)NC(=O)[C@@H](C)OC(=O)c1c2c(nc3ccccc13)CC[C@@H](C)C2. The second-order valence-electron chi connectivity index (χ2n) is 6.89. The van der Waals surface area contributed by atoms with Crippen LogP contribution in [0, 0.1) is 5.92 Å². The molecular formula is C20H23N3O4. The van der Waals surface area contributed by atoms with E-state index in [1.54, 1.807) is 0 Å². The maximum Gasteiger partial charge on any atom is 0.339 e. The molecule has 1 aliphatic rings. The molecule has 0 spiro atoms. The number of nitrogens with one attached hydrogen (secondary N) is 2. The van der Waals surface area contributed by atoms with Crippen LogP contribution in [0.4, 0.5) is 4.79 Å². The van der Waals surface area contributed by atoms with Crippen molar-refractivity contribution in [3.63, 3.8) is 0 Å². The number of fused-ring (bicyclic) bond motifs is 2. The van der Waals surface area contributed by atoms with Crippen LogP contribution in [0.1, 0.15) is 41.9 Å². The van der Waals surface area contributed by atoms with Crippen LogP contribution >= 0.6 is 0 Å². The maximum atomic E-state index is 13.0. The molecule has 0 fully saturated rings. The van der Waals surface area contributed by atoms with E-state index in [4.69, 9.17) is 9.72 Å². The van der Waals surface area contributed by atoms with Gasteiger partial charge in [0.1, 0.15) is 0 Å². The molecule has 7 nitrogen and oxygen atoms in total. The number of hydrogen-bond donors (Lipinski definition) is 2. The number of para-hydroxylation sites is 1. The molecular weight excluding hydrogens is 346 g/mol. The highest BCUT2D eigenvalue weighted by atomic mass is 16.5. The van der Waals surface area contributed by atoms with E-state index in [0.29, 0.717) is 16.9 Å². The summed E-state index contributed by atoms with van der Waals surface area (Å²) in [6.07, 6.45) is 1.49. The Kier molecular flexibility index (Phi) is 5.39. The smallest absolute Gasteiger partial charge is 0.339 e. The van der Waals surface area contributed by atoms with Crippen molar-refractivity contribution in [2.75, 3.05) is 7.05 Å². The standard InChI is InChI=1S/C20H23N3O4/c1-11-8-9-16-14(10-11)17(13-6-4-5-7-15(13)22-16)19(25)27-12(2)18(24)23-20(26)21-3/h4-7,11-12H,8-10H2,1-3H3,(H2,21,23,24,26)/t11-,12-/m1/s1. The number of benzene rings is 1. The van der Waals surface area contributed by atoms with Crippen molar-refractivity contribution >= 4 is 28.8 Å². The summed E-state index contributed by atoms with van der Waals surface area (Å²) in [7, 11) is 1.40. The molecule has 3 amide bonds. The number of urea groups is 1. The fourth-order valence-electron chi connectivity index (χ4n) is 3.34. The molecule has 1 heterocycles. The minimum atomic E-state index is -1.10. The molecule has 0 aliphatic heterocycles. The monoisotopic (exact) mass is 369 g/mol. The summed E-state index contributed by atoms with van der Waals surface area (Å²) in [4.78, 5) is 41.0. The molecule has 3 rings (SSSR count). The maximum absolute atomic E-state index is 13.0. The van der Waals surface area contributed by atoms with E-state index in [-0.39, 0.29) is 0 Å². The molecule has 0 bridgehead atoms. The number of esters is 1. The minimum absolute atomic E-state index is 0.445. The third kappa shape index (κ3) is 3.92. The highest BCUT2D eigenvalue weighted by molar-refractivity contribution is 6.06. The predicted octanol–water partition coefficient (Wildman–Crippen LogP) is 2.36. The van der Waals surface area contributed by atoms with Crippen LogP contribution in [0.15, 0.2) is 24.3 Å². The number of hydrogen-bond acceptors (Lipinski definition) is 5. The molecule has 1 aliphatic carbocycles. The van der Waals surface area contributed by atoms with Crippen LogP contribution in [0.3, 0.4) is 0 Å². The molecule has 1 aromatic carbocycles. The van der Waals surface area contributed by atoms with Gasteiger partial charge >= 0.3 is 12.0 Å². The average Bonchev–Trinajstić information content (AvgIpc) is 2.65. The Hall–Kier alpha value is -2.96. The summed E-state index contributed by atoms with van der Waals surface area (Å²) in [6.45, 7) is 3.58. The molecule has 2 N–H and O–H groups in total. The van der Waals surface area contributed by atoms with Crippen molar-refractivity contribution in [3.05, 3.63) is 41.1 Å². The Morgan fingerprint density at radius 2 is 2.00 bits per heavy atom. The first-order chi connectivity index (χ1) is 12.9. The highest BCUT2D eigenvalue weighted by Gasteiger charge is 2.28. The lowest BCUT2D eigenvalue weighted by molar-refractivity contribution is -0.127. The van der Waals surface area contributed by atoms with Gasteiger partial charge in [-0.15, -0.1) is 0 Å². The molecule has 2 atom stereocenters. The van der Waals surface area contributed by atoms with Gasteiger partial charge in [-0.1, -0.05) is 25.1 Å². The fraction of sp³-hybridized carbons (Fsp3) is 0.400. The molecule has 0 unspecified atom stereocenters. The molecule has 0 radical (unpaired) electrons. The van der Waals surface area contributed by atoms with Crippen molar-refractivity contribution in [1.29, 1.82) is 0 Å². The lowest BCUT2D eigenvalue weighted by Crippen LogP contribution is -2.43. The van der Waals surface area contributed by atoms with Gasteiger partial charge in [0.15, 0.2) is 6.10 Å². The lowest BCUT2D eigenvalue weighted by atomic mass is 9.84. The number of rotatable bonds is 3. The molecule has 7 heteroatoms. The normalized spacial score (nSPS) is 16.9. The number of nitrogens with zero attached hydrogens (tertiary/aromatic N) is 1. The van der Waals surface area contributed by atoms with E-state index in [1.807, 2.05) is 24.3 Å². The quantitative estimate of drug-likeness (QED) is 0.810. The summed E-state index contributed by atoms with van der Waals surface area (Å²) in [5.74, 6) is -0.803. The highest BCUT2D eigenvalue weighted by Crippen LogP contribution is 2.32. The number of aromatic nitrogens is 1. The number of ether oxygens (including phenoxy) is 1. The summed E-state index contributed by atoms with van der Waals surface area (Å²) in [5, 5.41) is 5.12. The van der Waals surface area contributed by atoms with Crippen molar-refractivity contribution in [2.24, 2.45) is 5.92 Å². The molecule has 0 saturated carbocycles. The number of amides is 3. The van der Waals surface area contributed by atoms with Crippen molar-refractivity contribution < 1.29 is 19.1 Å². The zero-order valence-electron chi connectivity index (χ0n) is 15.7. The van der Waals surface area contributed by atoms with Crippen LogP contribution in [0.5, 0.6) is 0 Å². The van der Waals surface area contributed by atoms with Gasteiger partial charge in [-0.3, -0.25) is 15.1 Å². The van der Waals surface area contributed by atoms with Gasteiger partial charge in [0.25, 0.3) is 5.91 Å². The first-order valence-corrected chi connectivity index (χ1v) is 9.04. The zero-order valence-corrected chi connectivity index (χ0v) is 15.7. The number of carbonyl (C=O) groups excluding carboxylic acids is 3. The predicted molar refractivity (Wildman–Crippen MR) is 100 cm³/mol. The Morgan fingerprint density at radius 3 is 2.74 bits per heavy atom. The molecule has 142 valence electrons. The molecule has 0 saturated heterocycles. The lowest BCUT2D eigenvalue weighted by Gasteiger charge is -2.24. The fourth-order valence-corrected chi connectivity index (χ4v) is 3.34. The summed E-state index contributed by atoms with van der Waals surface area (Å²) in [5.41, 5.74) is 3.03. The van der Waals surface area contributed by atoms with Crippen LogP contribution in [0.2, 0.25) is 0 Å². The van der Waals surface area contributed by atoms with E-state index in [0.717, 1.165) is 36.0 Å². The molecule has 27 heavy (non-hydrogen) atoms. The van der Waals surface area contributed by atoms with E-state index in [2.05, 4.69) is 17.6 Å². The number of carbonyl (C=O) groups is 3. The van der Waals surface area contributed by atoms with Crippen molar-refractivity contribution in [3.8, 4) is 0 Å². The average molecular weight is 369 g/mol.